The average molecular weight is 571 g/mol. The second-order valence-electron chi connectivity index (χ2n) is 10.5. The van der Waals surface area contributed by atoms with Gasteiger partial charge in [-0.1, -0.05) is 44.2 Å². The van der Waals surface area contributed by atoms with E-state index in [9.17, 15) is 14.4 Å². The number of hydrogen-bond acceptors (Lipinski definition) is 9. The van der Waals surface area contributed by atoms with Gasteiger partial charge >= 0.3 is 0 Å². The zero-order valence-electron chi connectivity index (χ0n) is 22.4. The first kappa shape index (κ1) is 27.7. The number of ether oxygens (including phenoxy) is 1. The van der Waals surface area contributed by atoms with Gasteiger partial charge in [0, 0.05) is 11.5 Å². The smallest absolute Gasteiger partial charge is 0.249 e. The Balaban J connectivity index is 1.48. The molecule has 0 radical (unpaired) electrons. The van der Waals surface area contributed by atoms with Crippen molar-refractivity contribution in [2.75, 3.05) is 11.5 Å². The van der Waals surface area contributed by atoms with Gasteiger partial charge in [-0.15, -0.1) is 23.5 Å². The highest BCUT2D eigenvalue weighted by molar-refractivity contribution is 8.14. The summed E-state index contributed by atoms with van der Waals surface area (Å²) >= 11 is 2.97. The molecule has 6 bridgehead atoms. The lowest BCUT2D eigenvalue weighted by molar-refractivity contribution is -0.124. The first-order valence-corrected chi connectivity index (χ1v) is 15.3. The van der Waals surface area contributed by atoms with Crippen LogP contribution >= 0.6 is 23.5 Å². The van der Waals surface area contributed by atoms with Crippen LogP contribution < -0.4 is 16.0 Å². The lowest BCUT2D eigenvalue weighted by atomic mass is 10.0. The number of carbonyl (C=O) groups excluding carboxylic acids is 3. The molecule has 5 rings (SSSR count). The Hall–Kier alpha value is -2.86. The number of nitrogens with one attached hydrogen (secondary N) is 3. The second-order valence-corrected chi connectivity index (χ2v) is 12.6. The average Bonchev–Trinajstić information content (AvgIpc) is 3.66. The predicted octanol–water partition coefficient (Wildman–Crippen LogP) is 1.59. The Morgan fingerprint density at radius 3 is 2.21 bits per heavy atom. The Morgan fingerprint density at radius 1 is 0.872 bits per heavy atom. The van der Waals surface area contributed by atoms with Gasteiger partial charge in [-0.2, -0.15) is 0 Å². The first-order valence-electron chi connectivity index (χ1n) is 13.3. The summed E-state index contributed by atoms with van der Waals surface area (Å²) in [6.07, 6.45) is 0.0725. The Morgan fingerprint density at radius 2 is 1.51 bits per heavy atom. The van der Waals surface area contributed by atoms with E-state index in [1.54, 1.807) is 6.92 Å². The molecule has 0 spiro atoms. The standard InChI is InChI=1S/C27H34N6O4S2/c1-13(2)20-25-33-21(15(4)37-25)24(36)28-14(3)26-30-18(11-38-26)22(34)29-17(10-16-8-6-5-7-9-16)27-31-19(12-39-27)23(35)32-20/h5-9,13-15,17-21H,10-12H2,1-4H3,(H,28,36)(H,29,34)(H,32,35)/t14-,15+,17-,18?,19?,20-,21-/m0/s1. The Labute approximate surface area is 236 Å². The highest BCUT2D eigenvalue weighted by atomic mass is 32.2. The normalized spacial score (nSPS) is 33.2. The summed E-state index contributed by atoms with van der Waals surface area (Å²) in [5.41, 5.74) is 1.06. The molecule has 10 nitrogen and oxygen atoms in total. The minimum atomic E-state index is -0.740. The zero-order chi connectivity index (χ0) is 27.7. The zero-order valence-corrected chi connectivity index (χ0v) is 24.1. The maximum absolute atomic E-state index is 13.3. The van der Waals surface area contributed by atoms with Gasteiger partial charge < -0.3 is 20.7 Å². The van der Waals surface area contributed by atoms with E-state index in [2.05, 4.69) is 25.9 Å². The van der Waals surface area contributed by atoms with Crippen molar-refractivity contribution < 1.29 is 19.1 Å². The number of rotatable bonds is 3. The van der Waals surface area contributed by atoms with Gasteiger partial charge in [-0.25, -0.2) is 4.99 Å². The molecule has 0 aromatic heterocycles. The summed E-state index contributed by atoms with van der Waals surface area (Å²) in [7, 11) is 0. The molecule has 0 fully saturated rings. The lowest BCUT2D eigenvalue weighted by Crippen LogP contribution is -2.48. The van der Waals surface area contributed by atoms with E-state index in [0.717, 1.165) is 10.6 Å². The van der Waals surface area contributed by atoms with Gasteiger partial charge in [0.2, 0.25) is 23.6 Å². The summed E-state index contributed by atoms with van der Waals surface area (Å²) in [6.45, 7) is 7.59. The second kappa shape index (κ2) is 11.7. The van der Waals surface area contributed by atoms with Crippen molar-refractivity contribution in [1.29, 1.82) is 0 Å². The molecule has 0 saturated heterocycles. The van der Waals surface area contributed by atoms with Crippen LogP contribution in [0, 0.1) is 5.92 Å². The van der Waals surface area contributed by atoms with E-state index in [-0.39, 0.29) is 35.7 Å². The molecule has 7 atom stereocenters. The minimum absolute atomic E-state index is 0.0185. The van der Waals surface area contributed by atoms with Crippen molar-refractivity contribution in [2.24, 2.45) is 20.9 Å². The van der Waals surface area contributed by atoms with Crippen molar-refractivity contribution in [3.63, 3.8) is 0 Å². The maximum atomic E-state index is 13.3. The fourth-order valence-electron chi connectivity index (χ4n) is 4.87. The third-order valence-electron chi connectivity index (χ3n) is 7.09. The van der Waals surface area contributed by atoms with E-state index in [4.69, 9.17) is 9.73 Å². The van der Waals surface area contributed by atoms with E-state index >= 15 is 0 Å². The highest BCUT2D eigenvalue weighted by Crippen LogP contribution is 2.26. The molecule has 3 N–H and O–H groups in total. The number of amides is 3. The van der Waals surface area contributed by atoms with Gasteiger partial charge in [0.05, 0.1) is 22.2 Å². The van der Waals surface area contributed by atoms with Gasteiger partial charge in [-0.3, -0.25) is 24.4 Å². The van der Waals surface area contributed by atoms with E-state index < -0.39 is 30.3 Å². The highest BCUT2D eigenvalue weighted by Gasteiger charge is 2.40. The number of fused-ring (bicyclic) bond motifs is 3. The van der Waals surface area contributed by atoms with E-state index in [1.807, 2.05) is 51.1 Å². The summed E-state index contributed by atoms with van der Waals surface area (Å²) < 4.78 is 6.00. The van der Waals surface area contributed by atoms with Crippen LogP contribution in [-0.4, -0.2) is 87.6 Å². The molecule has 1 aromatic carbocycles. The van der Waals surface area contributed by atoms with Crippen LogP contribution in [0.5, 0.6) is 0 Å². The number of hydrogen-bond donors (Lipinski definition) is 3. The fraction of sp³-hybridized carbons (Fsp3) is 0.556. The van der Waals surface area contributed by atoms with Crippen molar-refractivity contribution in [1.82, 2.24) is 16.0 Å². The number of thioether (sulfide) groups is 2. The number of aliphatic imine (C=N–C) groups is 3. The Kier molecular flexibility index (Phi) is 8.32. The molecule has 1 aromatic rings. The molecular weight excluding hydrogens is 536 g/mol. The minimum Gasteiger partial charge on any atom is -0.474 e. The largest absolute Gasteiger partial charge is 0.474 e. The summed E-state index contributed by atoms with van der Waals surface area (Å²) in [6, 6.07) is 6.73. The predicted molar refractivity (Wildman–Crippen MR) is 156 cm³/mol. The molecule has 4 aliphatic rings. The molecule has 208 valence electrons. The lowest BCUT2D eigenvalue weighted by Gasteiger charge is -2.23. The molecular formula is C27H34N6O4S2. The molecule has 39 heavy (non-hydrogen) atoms. The molecule has 3 amide bonds. The van der Waals surface area contributed by atoms with Crippen molar-refractivity contribution in [3.8, 4) is 0 Å². The third-order valence-corrected chi connectivity index (χ3v) is 9.50. The van der Waals surface area contributed by atoms with Crippen molar-refractivity contribution in [3.05, 3.63) is 35.9 Å². The van der Waals surface area contributed by atoms with E-state index in [0.29, 0.717) is 28.9 Å². The summed E-state index contributed by atoms with van der Waals surface area (Å²) in [5.74, 6) is 0.601. The molecule has 0 aliphatic carbocycles. The fourth-order valence-corrected chi connectivity index (χ4v) is 7.04. The van der Waals surface area contributed by atoms with Gasteiger partial charge in [0.1, 0.15) is 24.2 Å². The van der Waals surface area contributed by atoms with Crippen LogP contribution in [-0.2, 0) is 25.5 Å². The van der Waals surface area contributed by atoms with E-state index in [1.165, 1.54) is 23.5 Å². The maximum Gasteiger partial charge on any atom is 0.249 e. The van der Waals surface area contributed by atoms with Crippen LogP contribution in [0.1, 0.15) is 33.3 Å². The topological polar surface area (TPSA) is 134 Å². The number of nitrogens with zero attached hydrogens (tertiary/aromatic N) is 3. The van der Waals surface area contributed by atoms with Crippen LogP contribution in [0.2, 0.25) is 0 Å². The summed E-state index contributed by atoms with van der Waals surface area (Å²) in [5, 5.41) is 10.6. The van der Waals surface area contributed by atoms with Crippen LogP contribution in [0.25, 0.3) is 0 Å². The molecule has 4 aliphatic heterocycles. The molecule has 0 saturated carbocycles. The van der Waals surface area contributed by atoms with Gasteiger partial charge in [0.25, 0.3) is 0 Å². The van der Waals surface area contributed by atoms with Gasteiger partial charge in [0.15, 0.2) is 6.04 Å². The van der Waals surface area contributed by atoms with Crippen molar-refractivity contribution >= 4 is 57.2 Å². The third kappa shape index (κ3) is 6.16. The number of carbonyl (C=O) groups is 3. The van der Waals surface area contributed by atoms with Crippen LogP contribution in [0.15, 0.2) is 45.3 Å². The van der Waals surface area contributed by atoms with Gasteiger partial charge in [-0.05, 0) is 31.7 Å². The summed E-state index contributed by atoms with van der Waals surface area (Å²) in [4.78, 5) is 53.8. The first-order chi connectivity index (χ1) is 18.7. The van der Waals surface area contributed by atoms with Crippen LogP contribution in [0.4, 0.5) is 0 Å². The monoisotopic (exact) mass is 570 g/mol. The molecule has 4 heterocycles. The number of benzene rings is 1. The van der Waals surface area contributed by atoms with Crippen LogP contribution in [0.3, 0.4) is 0 Å². The quantitative estimate of drug-likeness (QED) is 0.506. The Bertz CT molecular complexity index is 1220. The molecule has 2 unspecified atom stereocenters. The molecule has 12 heteroatoms. The van der Waals surface area contributed by atoms with Crippen molar-refractivity contribution in [2.45, 2.75) is 76.5 Å². The SMILES string of the molecule is CC(C)[C@@H]1NC(=O)C2CSC(=N2)[C@H](Cc2ccccc2)NC(=O)C2CSC(=N2)[C@H](C)NC(=O)[C@H]2N=C1O[C@@H]2C.